The summed E-state index contributed by atoms with van der Waals surface area (Å²) in [7, 11) is 1.28. The maximum Gasteiger partial charge on any atom is 0.360 e. The number of esters is 1. The zero-order valence-electron chi connectivity index (χ0n) is 24.1. The monoisotopic (exact) mass is 574 g/mol. The van der Waals surface area contributed by atoms with Gasteiger partial charge in [-0.25, -0.2) is 9.78 Å². The predicted molar refractivity (Wildman–Crippen MR) is 151 cm³/mol. The van der Waals surface area contributed by atoms with Crippen LogP contribution in [0.15, 0.2) is 46.9 Å². The fraction of sp³-hybridized carbons (Fsp3) is 0.419. The highest BCUT2D eigenvalue weighted by atomic mass is 16.5. The first-order chi connectivity index (χ1) is 20.1. The molecule has 6 rings (SSSR count). The lowest BCUT2D eigenvalue weighted by molar-refractivity contribution is -0.135. The first kappa shape index (κ1) is 27.8. The number of rotatable bonds is 5. The Kier molecular flexibility index (Phi) is 6.72. The highest BCUT2D eigenvalue weighted by molar-refractivity contribution is 5.91. The highest BCUT2D eigenvalue weighted by Crippen LogP contribution is 2.58. The van der Waals surface area contributed by atoms with E-state index in [1.807, 2.05) is 56.3 Å². The second-order valence-electron chi connectivity index (χ2n) is 11.7. The Labute approximate surface area is 243 Å². The lowest BCUT2D eigenvalue weighted by atomic mass is 9.72. The van der Waals surface area contributed by atoms with E-state index >= 15 is 0 Å². The number of hydrogen-bond donors (Lipinski definition) is 4. The molecule has 0 fully saturated rings. The number of nitrogens with zero attached hydrogens (tertiary/aromatic N) is 1. The van der Waals surface area contributed by atoms with Crippen molar-refractivity contribution in [2.45, 2.75) is 63.9 Å². The Bertz CT molecular complexity index is 1580. The van der Waals surface area contributed by atoms with Crippen LogP contribution in [0, 0.1) is 11.8 Å². The number of ether oxygens (including phenoxy) is 2. The molecular weight excluding hydrogens is 540 g/mol. The Morgan fingerprint density at radius 3 is 2.60 bits per heavy atom. The third kappa shape index (κ3) is 4.13. The van der Waals surface area contributed by atoms with Crippen molar-refractivity contribution in [2.24, 2.45) is 11.8 Å². The first-order valence-corrected chi connectivity index (χ1v) is 14.1. The molecule has 0 radical (unpaired) electrons. The van der Waals surface area contributed by atoms with Crippen molar-refractivity contribution in [2.75, 3.05) is 12.4 Å². The van der Waals surface area contributed by atoms with E-state index in [1.54, 1.807) is 13.8 Å². The Morgan fingerprint density at radius 2 is 1.88 bits per heavy atom. The maximum absolute atomic E-state index is 13.7. The summed E-state index contributed by atoms with van der Waals surface area (Å²) in [6.07, 6.45) is -1.79. The third-order valence-corrected chi connectivity index (χ3v) is 8.33. The molecule has 2 amide bonds. The van der Waals surface area contributed by atoms with Gasteiger partial charge in [-0.15, -0.1) is 0 Å². The number of anilines is 1. The van der Waals surface area contributed by atoms with Crippen LogP contribution in [0.3, 0.4) is 0 Å². The van der Waals surface area contributed by atoms with Gasteiger partial charge in [0.1, 0.15) is 29.4 Å². The van der Waals surface area contributed by atoms with Crippen molar-refractivity contribution in [1.29, 1.82) is 0 Å². The summed E-state index contributed by atoms with van der Waals surface area (Å²) in [6, 6.07) is 11.5. The maximum atomic E-state index is 13.7. The minimum atomic E-state index is -1.28. The number of nitrogens with one attached hydrogen (secondary N) is 3. The van der Waals surface area contributed by atoms with E-state index < -0.39 is 47.6 Å². The zero-order valence-corrected chi connectivity index (χ0v) is 24.1. The van der Waals surface area contributed by atoms with Gasteiger partial charge in [-0.3, -0.25) is 9.59 Å². The molecule has 11 nitrogen and oxygen atoms in total. The number of benzene rings is 2. The minimum absolute atomic E-state index is 0.0121. The quantitative estimate of drug-likeness (QED) is 0.337. The van der Waals surface area contributed by atoms with Crippen molar-refractivity contribution in [3.05, 3.63) is 76.5 Å². The number of methoxy groups -OCH3 is 1. The summed E-state index contributed by atoms with van der Waals surface area (Å²) in [5.74, 6) is -1.38. The molecule has 4 heterocycles. The summed E-state index contributed by atoms with van der Waals surface area (Å²) in [6.45, 7) is 7.23. The Hall–Kier alpha value is -4.38. The van der Waals surface area contributed by atoms with Crippen LogP contribution in [0.1, 0.15) is 72.6 Å². The van der Waals surface area contributed by atoms with Gasteiger partial charge in [-0.2, -0.15) is 0 Å². The van der Waals surface area contributed by atoms with Crippen molar-refractivity contribution in [1.82, 2.24) is 15.6 Å². The normalized spacial score (nSPS) is 24.4. The van der Waals surface area contributed by atoms with Gasteiger partial charge in [0.05, 0.1) is 7.11 Å². The highest BCUT2D eigenvalue weighted by Gasteiger charge is 2.61. The summed E-state index contributed by atoms with van der Waals surface area (Å²) in [5.41, 5.74) is 2.01. The van der Waals surface area contributed by atoms with Crippen LogP contribution in [-0.2, 0) is 26.2 Å². The molecule has 3 aliphatic heterocycles. The van der Waals surface area contributed by atoms with Crippen LogP contribution in [0.2, 0.25) is 0 Å². The fourth-order valence-corrected chi connectivity index (χ4v) is 6.10. The average Bonchev–Trinajstić information content (AvgIpc) is 3.63. The van der Waals surface area contributed by atoms with Crippen LogP contribution in [-0.4, -0.2) is 53.4 Å². The summed E-state index contributed by atoms with van der Waals surface area (Å²) < 4.78 is 18.1. The average molecular weight is 575 g/mol. The van der Waals surface area contributed by atoms with E-state index in [2.05, 4.69) is 20.9 Å². The van der Waals surface area contributed by atoms with E-state index in [4.69, 9.17) is 13.9 Å². The SMILES string of the molecule is COC(=O)c1nc2oc1[C@@]13c4ccccc4NC1Oc1ccc(cc13)C[C@H](NC(=O)[C@@H](O)C(C)C)C(=O)N[C@H]2C(C)C. The van der Waals surface area contributed by atoms with E-state index in [-0.39, 0.29) is 35.6 Å². The first-order valence-electron chi connectivity index (χ1n) is 14.1. The van der Waals surface area contributed by atoms with Crippen LogP contribution in [0.5, 0.6) is 5.75 Å². The van der Waals surface area contributed by atoms with E-state index in [0.29, 0.717) is 5.75 Å². The molecule has 4 bridgehead atoms. The molecule has 11 heteroatoms. The number of aliphatic hydroxyl groups is 1. The number of carbonyl (C=O) groups is 3. The number of para-hydroxylation sites is 1. The third-order valence-electron chi connectivity index (χ3n) is 8.33. The number of hydrogen-bond acceptors (Lipinski definition) is 9. The summed E-state index contributed by atoms with van der Waals surface area (Å²) in [4.78, 5) is 44.5. The van der Waals surface area contributed by atoms with E-state index in [9.17, 15) is 19.5 Å². The molecule has 3 aliphatic rings. The lowest BCUT2D eigenvalue weighted by Crippen LogP contribution is -2.52. The van der Waals surface area contributed by atoms with Gasteiger partial charge in [-0.05, 0) is 35.1 Å². The van der Waals surface area contributed by atoms with Gasteiger partial charge in [-0.1, -0.05) is 58.0 Å². The van der Waals surface area contributed by atoms with Gasteiger partial charge < -0.3 is 34.9 Å². The largest absolute Gasteiger partial charge is 0.469 e. The number of aromatic nitrogens is 1. The number of carbonyl (C=O) groups excluding carboxylic acids is 3. The van der Waals surface area contributed by atoms with Crippen molar-refractivity contribution in [3.8, 4) is 5.75 Å². The predicted octanol–water partition coefficient (Wildman–Crippen LogP) is 2.81. The smallest absolute Gasteiger partial charge is 0.360 e. The molecule has 1 unspecified atom stereocenters. The number of oxazole rings is 1. The summed E-state index contributed by atoms with van der Waals surface area (Å²) >= 11 is 0. The molecule has 1 aromatic heterocycles. The Morgan fingerprint density at radius 1 is 1.12 bits per heavy atom. The molecule has 3 aromatic rings. The van der Waals surface area contributed by atoms with Crippen LogP contribution in [0.25, 0.3) is 0 Å². The van der Waals surface area contributed by atoms with Gasteiger partial charge in [0.15, 0.2) is 17.7 Å². The van der Waals surface area contributed by atoms with Crippen molar-refractivity contribution >= 4 is 23.5 Å². The molecule has 0 saturated heterocycles. The van der Waals surface area contributed by atoms with Crippen molar-refractivity contribution < 1.29 is 33.4 Å². The number of aliphatic hydroxyl groups excluding tert-OH is 1. The van der Waals surface area contributed by atoms with E-state index in [0.717, 1.165) is 22.4 Å². The van der Waals surface area contributed by atoms with Crippen LogP contribution >= 0.6 is 0 Å². The minimum Gasteiger partial charge on any atom is -0.469 e. The Balaban J connectivity index is 1.60. The summed E-state index contributed by atoms with van der Waals surface area (Å²) in [5, 5.41) is 19.6. The molecule has 220 valence electrons. The molecule has 2 aromatic carbocycles. The molecule has 0 saturated carbocycles. The van der Waals surface area contributed by atoms with Gasteiger partial charge in [0, 0.05) is 17.7 Å². The zero-order chi connectivity index (χ0) is 29.9. The molecule has 42 heavy (non-hydrogen) atoms. The topological polar surface area (TPSA) is 152 Å². The molecule has 1 spiro atoms. The van der Waals surface area contributed by atoms with Gasteiger partial charge >= 0.3 is 5.97 Å². The van der Waals surface area contributed by atoms with Gasteiger partial charge in [0.25, 0.3) is 0 Å². The fourth-order valence-electron chi connectivity index (χ4n) is 6.10. The van der Waals surface area contributed by atoms with Gasteiger partial charge in [0.2, 0.25) is 17.7 Å². The molecule has 0 aliphatic carbocycles. The molecular formula is C31H34N4O7. The van der Waals surface area contributed by atoms with Crippen molar-refractivity contribution in [3.63, 3.8) is 0 Å². The second-order valence-corrected chi connectivity index (χ2v) is 11.7. The van der Waals surface area contributed by atoms with Crippen LogP contribution in [0.4, 0.5) is 5.69 Å². The van der Waals surface area contributed by atoms with Crippen LogP contribution < -0.4 is 20.7 Å². The molecule has 5 atom stereocenters. The number of fused-ring (bicyclic) bond motifs is 4. The number of amides is 2. The lowest BCUT2D eigenvalue weighted by Gasteiger charge is -2.29. The standard InChI is InChI=1S/C31H34N4O7/c1-14(2)22-28-35-23(29(39)40-5)25(42-28)31-17-8-6-7-9-19(17)33-30(31)41-21-11-10-16(12-18(21)31)13-20(26(37)34-22)32-27(38)24(36)15(3)4/h6-12,14-15,20,22,24,30,33,36H,13H2,1-5H3,(H,32,38)(H,34,37)/t20-,22-,24-,30?,31-/m0/s1. The second kappa shape index (κ2) is 10.2. The van der Waals surface area contributed by atoms with E-state index in [1.165, 1.54) is 7.11 Å². The molecule has 4 N–H and O–H groups in total.